The molecule has 0 spiro atoms. The molecule has 0 bridgehead atoms. The van der Waals surface area contributed by atoms with Gasteiger partial charge in [0.15, 0.2) is 17.5 Å². The third-order valence-electron chi connectivity index (χ3n) is 2.64. The summed E-state index contributed by atoms with van der Waals surface area (Å²) in [7, 11) is 2.65. The van der Waals surface area contributed by atoms with E-state index in [4.69, 9.17) is 9.47 Å². The molecule has 0 aliphatic heterocycles. The van der Waals surface area contributed by atoms with E-state index in [9.17, 15) is 18.0 Å². The average molecular weight is 328 g/mol. The second kappa shape index (κ2) is 6.81. The van der Waals surface area contributed by atoms with Gasteiger partial charge in [-0.15, -0.1) is 0 Å². The first kappa shape index (κ1) is 16.3. The molecule has 0 atom stereocenters. The largest absolute Gasteiger partial charge is 0.479 e. The monoisotopic (exact) mass is 328 g/mol. The van der Waals surface area contributed by atoms with E-state index < -0.39 is 29.2 Å². The van der Waals surface area contributed by atoms with Crippen molar-refractivity contribution in [2.75, 3.05) is 24.9 Å². The van der Waals surface area contributed by atoms with Crippen LogP contribution in [0.4, 0.5) is 29.3 Å². The number of hydrogen-bond acceptors (Lipinski definition) is 5. The number of urea groups is 1. The summed E-state index contributed by atoms with van der Waals surface area (Å²) in [6.45, 7) is 0. The summed E-state index contributed by atoms with van der Waals surface area (Å²) in [4.78, 5) is 19.4. The lowest BCUT2D eigenvalue weighted by atomic mass is 10.3. The van der Waals surface area contributed by atoms with Crippen LogP contribution in [-0.2, 0) is 0 Å². The molecule has 0 aliphatic carbocycles. The third-order valence-corrected chi connectivity index (χ3v) is 2.64. The molecule has 122 valence electrons. The molecule has 0 fully saturated rings. The standard InChI is InChI=1S/C13H11F3N4O3/c1-22-11-8(5-17-13(20-11)23-2)19-12(21)18-7-4-3-6(14)9(15)10(7)16/h3-5H,1-2H3,(H2,18,19,21). The third kappa shape index (κ3) is 3.59. The number of amides is 2. The minimum Gasteiger partial charge on any atom is -0.479 e. The van der Waals surface area contributed by atoms with Gasteiger partial charge < -0.3 is 20.1 Å². The molecular formula is C13H11F3N4O3. The first-order chi connectivity index (χ1) is 11.0. The zero-order valence-electron chi connectivity index (χ0n) is 12.0. The first-order valence-corrected chi connectivity index (χ1v) is 6.12. The predicted molar refractivity (Wildman–Crippen MR) is 74.1 cm³/mol. The maximum absolute atomic E-state index is 13.5. The minimum atomic E-state index is -1.69. The second-order valence-corrected chi connectivity index (χ2v) is 4.08. The SMILES string of the molecule is COc1ncc(NC(=O)Nc2ccc(F)c(F)c2F)c(OC)n1. The van der Waals surface area contributed by atoms with Crippen LogP contribution in [0.15, 0.2) is 18.3 Å². The number of methoxy groups -OCH3 is 2. The van der Waals surface area contributed by atoms with Crippen LogP contribution in [-0.4, -0.2) is 30.2 Å². The Morgan fingerprint density at radius 1 is 1.04 bits per heavy atom. The Morgan fingerprint density at radius 2 is 1.74 bits per heavy atom. The van der Waals surface area contributed by atoms with Gasteiger partial charge in [-0.25, -0.2) is 22.9 Å². The highest BCUT2D eigenvalue weighted by atomic mass is 19.2. The molecule has 1 aromatic carbocycles. The first-order valence-electron chi connectivity index (χ1n) is 6.12. The number of nitrogens with zero attached hydrogens (tertiary/aromatic N) is 2. The molecule has 23 heavy (non-hydrogen) atoms. The molecule has 0 radical (unpaired) electrons. The fraction of sp³-hybridized carbons (Fsp3) is 0.154. The molecule has 7 nitrogen and oxygen atoms in total. The molecule has 2 rings (SSSR count). The maximum Gasteiger partial charge on any atom is 0.323 e. The number of nitrogens with one attached hydrogen (secondary N) is 2. The van der Waals surface area contributed by atoms with Gasteiger partial charge in [0, 0.05) is 0 Å². The van der Waals surface area contributed by atoms with Crippen LogP contribution in [0.3, 0.4) is 0 Å². The maximum atomic E-state index is 13.5. The van der Waals surface area contributed by atoms with E-state index in [1.807, 2.05) is 5.32 Å². The fourth-order valence-electron chi connectivity index (χ4n) is 1.59. The molecule has 2 N–H and O–H groups in total. The van der Waals surface area contributed by atoms with Crippen molar-refractivity contribution >= 4 is 17.4 Å². The Morgan fingerprint density at radius 3 is 2.39 bits per heavy atom. The summed E-state index contributed by atoms with van der Waals surface area (Å²) in [5, 5.41) is 4.32. The van der Waals surface area contributed by atoms with Crippen molar-refractivity contribution in [3.8, 4) is 11.9 Å². The fourth-order valence-corrected chi connectivity index (χ4v) is 1.59. The number of carbonyl (C=O) groups is 1. The molecule has 0 saturated heterocycles. The second-order valence-electron chi connectivity index (χ2n) is 4.08. The lowest BCUT2D eigenvalue weighted by Gasteiger charge is -2.11. The zero-order valence-corrected chi connectivity index (χ0v) is 12.0. The molecule has 0 saturated carbocycles. The molecule has 0 aliphatic rings. The van der Waals surface area contributed by atoms with E-state index in [0.717, 1.165) is 6.07 Å². The zero-order chi connectivity index (χ0) is 17.0. The molecule has 10 heteroatoms. The van der Waals surface area contributed by atoms with Gasteiger partial charge in [0.2, 0.25) is 5.88 Å². The van der Waals surface area contributed by atoms with Crippen molar-refractivity contribution in [3.05, 3.63) is 35.8 Å². The van der Waals surface area contributed by atoms with Gasteiger partial charge in [0.1, 0.15) is 5.69 Å². The number of anilines is 2. The molecular weight excluding hydrogens is 317 g/mol. The van der Waals surface area contributed by atoms with E-state index in [-0.39, 0.29) is 17.6 Å². The van der Waals surface area contributed by atoms with Crippen LogP contribution in [0.1, 0.15) is 0 Å². The van der Waals surface area contributed by atoms with Crippen molar-refractivity contribution < 1.29 is 27.4 Å². The Bertz CT molecular complexity index is 743. The molecule has 1 heterocycles. The van der Waals surface area contributed by atoms with Crippen molar-refractivity contribution in [1.82, 2.24) is 9.97 Å². The lowest BCUT2D eigenvalue weighted by molar-refractivity contribution is 0.261. The molecule has 1 aromatic heterocycles. The average Bonchev–Trinajstić information content (AvgIpc) is 2.55. The van der Waals surface area contributed by atoms with Crippen LogP contribution in [0.2, 0.25) is 0 Å². The van der Waals surface area contributed by atoms with E-state index >= 15 is 0 Å². The van der Waals surface area contributed by atoms with Crippen molar-refractivity contribution in [2.24, 2.45) is 0 Å². The summed E-state index contributed by atoms with van der Waals surface area (Å²) < 4.78 is 49.1. The van der Waals surface area contributed by atoms with Crippen LogP contribution in [0, 0.1) is 17.5 Å². The van der Waals surface area contributed by atoms with Crippen LogP contribution >= 0.6 is 0 Å². The number of benzene rings is 1. The van der Waals surface area contributed by atoms with E-state index in [1.54, 1.807) is 0 Å². The van der Waals surface area contributed by atoms with E-state index in [0.29, 0.717) is 6.07 Å². The number of ether oxygens (including phenoxy) is 2. The minimum absolute atomic E-state index is 0.00208. The van der Waals surface area contributed by atoms with Crippen molar-refractivity contribution in [1.29, 1.82) is 0 Å². The van der Waals surface area contributed by atoms with Gasteiger partial charge in [0.05, 0.1) is 26.1 Å². The quantitative estimate of drug-likeness (QED) is 0.843. The summed E-state index contributed by atoms with van der Waals surface area (Å²) in [5.41, 5.74) is -0.469. The highest BCUT2D eigenvalue weighted by Crippen LogP contribution is 2.23. The summed E-state index contributed by atoms with van der Waals surface area (Å²) >= 11 is 0. The number of halogens is 3. The number of aromatic nitrogens is 2. The molecule has 2 amide bonds. The van der Waals surface area contributed by atoms with Gasteiger partial charge in [-0.3, -0.25) is 0 Å². The van der Waals surface area contributed by atoms with Crippen LogP contribution in [0.25, 0.3) is 0 Å². The van der Waals surface area contributed by atoms with Gasteiger partial charge >= 0.3 is 12.0 Å². The van der Waals surface area contributed by atoms with Gasteiger partial charge in [-0.2, -0.15) is 4.98 Å². The predicted octanol–water partition coefficient (Wildman–Crippen LogP) is 2.56. The Labute approximate surface area is 128 Å². The van der Waals surface area contributed by atoms with E-state index in [1.165, 1.54) is 20.4 Å². The van der Waals surface area contributed by atoms with Gasteiger partial charge in [0.25, 0.3) is 0 Å². The topological polar surface area (TPSA) is 85.4 Å². The van der Waals surface area contributed by atoms with Crippen LogP contribution < -0.4 is 20.1 Å². The molecule has 2 aromatic rings. The van der Waals surface area contributed by atoms with Gasteiger partial charge in [-0.1, -0.05) is 0 Å². The summed E-state index contributed by atoms with van der Waals surface area (Å²) in [5.74, 6) is -4.57. The van der Waals surface area contributed by atoms with Crippen molar-refractivity contribution in [2.45, 2.75) is 0 Å². The highest BCUT2D eigenvalue weighted by molar-refractivity contribution is 6.00. The smallest absolute Gasteiger partial charge is 0.323 e. The number of hydrogen-bond donors (Lipinski definition) is 2. The Balaban J connectivity index is 2.16. The Kier molecular flexibility index (Phi) is 4.84. The van der Waals surface area contributed by atoms with Crippen molar-refractivity contribution in [3.63, 3.8) is 0 Å². The summed E-state index contributed by atoms with van der Waals surface area (Å²) in [6, 6.07) is 0.654. The normalized spacial score (nSPS) is 10.1. The summed E-state index contributed by atoms with van der Waals surface area (Å²) in [6.07, 6.45) is 1.20. The molecule has 0 unspecified atom stereocenters. The number of carbonyl (C=O) groups excluding carboxylic acids is 1. The number of rotatable bonds is 4. The lowest BCUT2D eigenvalue weighted by Crippen LogP contribution is -2.21. The Hall–Kier alpha value is -3.04. The van der Waals surface area contributed by atoms with Gasteiger partial charge in [-0.05, 0) is 12.1 Å². The highest BCUT2D eigenvalue weighted by Gasteiger charge is 2.16. The van der Waals surface area contributed by atoms with E-state index in [2.05, 4.69) is 15.3 Å². The van der Waals surface area contributed by atoms with Crippen LogP contribution in [0.5, 0.6) is 11.9 Å².